The van der Waals surface area contributed by atoms with Crippen LogP contribution in [0.3, 0.4) is 0 Å². The number of hydrogen-bond donors (Lipinski definition) is 0. The van der Waals surface area contributed by atoms with Gasteiger partial charge in [-0.25, -0.2) is 0 Å². The molecule has 0 radical (unpaired) electrons. The molecule has 0 amide bonds. The maximum Gasteiger partial charge on any atom is 0.271 e. The molecular weight excluding hydrogens is 220 g/mol. The van der Waals surface area contributed by atoms with Gasteiger partial charge in [-0.3, -0.25) is 19.2 Å². The predicted octanol–water partition coefficient (Wildman–Crippen LogP) is -1.09. The van der Waals surface area contributed by atoms with Crippen LogP contribution in [0.2, 0.25) is 0 Å². The largest absolute Gasteiger partial charge is 0.294 e. The van der Waals surface area contributed by atoms with Gasteiger partial charge in [0.1, 0.15) is 0 Å². The minimum atomic E-state index is -1.29. The van der Waals surface area contributed by atoms with Crippen molar-refractivity contribution in [2.75, 3.05) is 0 Å². The first-order valence-corrected chi connectivity index (χ1v) is 2.14. The molecule has 54 valence electrons. The first-order chi connectivity index (χ1) is 4.09. The number of rotatable bonds is 3. The Bertz CT molecular complexity index is 184. The summed E-state index contributed by atoms with van der Waals surface area (Å²) in [7, 11) is 0. The van der Waals surface area contributed by atoms with Crippen LogP contribution >= 0.6 is 0 Å². The van der Waals surface area contributed by atoms with Crippen LogP contribution in [0.4, 0.5) is 0 Å². The first kappa shape index (κ1) is 12.1. The topological polar surface area (TPSA) is 68.3 Å². The van der Waals surface area contributed by atoms with Crippen molar-refractivity contribution in [3.05, 3.63) is 0 Å². The van der Waals surface area contributed by atoms with Crippen LogP contribution in [0.15, 0.2) is 0 Å². The minimum Gasteiger partial charge on any atom is -0.294 e. The van der Waals surface area contributed by atoms with E-state index in [1.807, 2.05) is 0 Å². The van der Waals surface area contributed by atoms with E-state index in [-0.39, 0.29) is 27.4 Å². The SMILES string of the molecule is CC(=O)C(=O)C(=O)C=O.[Mo]. The van der Waals surface area contributed by atoms with Crippen LogP contribution in [0.5, 0.6) is 0 Å². The summed E-state index contributed by atoms with van der Waals surface area (Å²) in [4.78, 5) is 39.7. The van der Waals surface area contributed by atoms with Gasteiger partial charge in [0, 0.05) is 28.0 Å². The smallest absolute Gasteiger partial charge is 0.271 e. The number of aldehydes is 1. The summed E-state index contributed by atoms with van der Waals surface area (Å²) in [6.45, 7) is 0.934. The van der Waals surface area contributed by atoms with Crippen molar-refractivity contribution in [1.29, 1.82) is 0 Å². The second kappa shape index (κ2) is 5.18. The molecule has 0 aromatic carbocycles. The molecule has 0 aromatic rings. The Morgan fingerprint density at radius 2 is 1.60 bits per heavy atom. The summed E-state index contributed by atoms with van der Waals surface area (Å²) in [6.07, 6.45) is -0.177. The second-order valence-electron chi connectivity index (χ2n) is 1.37. The Morgan fingerprint density at radius 1 is 1.20 bits per heavy atom. The van der Waals surface area contributed by atoms with E-state index < -0.39 is 17.3 Å². The Balaban J connectivity index is 0. The number of Topliss-reactive ketones (excluding diaryl/α,β-unsaturated/α-hetero) is 3. The van der Waals surface area contributed by atoms with Crippen molar-refractivity contribution in [3.8, 4) is 0 Å². The summed E-state index contributed by atoms with van der Waals surface area (Å²) in [5.41, 5.74) is 0. The van der Waals surface area contributed by atoms with Crippen molar-refractivity contribution in [1.82, 2.24) is 0 Å². The fourth-order valence-corrected chi connectivity index (χ4v) is 0.227. The van der Waals surface area contributed by atoms with Gasteiger partial charge in [0.05, 0.1) is 0 Å². The van der Waals surface area contributed by atoms with Crippen LogP contribution in [0.25, 0.3) is 0 Å². The Morgan fingerprint density at radius 3 is 1.70 bits per heavy atom. The Hall–Kier alpha value is -0.632. The molecule has 5 heteroatoms. The quantitative estimate of drug-likeness (QED) is 0.264. The van der Waals surface area contributed by atoms with E-state index in [0.29, 0.717) is 0 Å². The van der Waals surface area contributed by atoms with Gasteiger partial charge >= 0.3 is 0 Å². The standard InChI is InChI=1S/C5H4O4.Mo/c1-3(7)5(9)4(8)2-6;/h2H,1H3;. The fourth-order valence-electron chi connectivity index (χ4n) is 0.227. The molecule has 0 bridgehead atoms. The van der Waals surface area contributed by atoms with Crippen LogP contribution < -0.4 is 0 Å². The van der Waals surface area contributed by atoms with E-state index in [1.54, 1.807) is 0 Å². The molecule has 0 saturated carbocycles. The van der Waals surface area contributed by atoms with Crippen LogP contribution in [0.1, 0.15) is 6.92 Å². The van der Waals surface area contributed by atoms with E-state index in [2.05, 4.69) is 0 Å². The first-order valence-electron chi connectivity index (χ1n) is 2.14. The molecule has 0 aromatic heterocycles. The molecular formula is C5H4MoO4. The molecule has 0 spiro atoms. The molecule has 4 nitrogen and oxygen atoms in total. The summed E-state index contributed by atoms with van der Waals surface area (Å²) in [6, 6.07) is 0. The van der Waals surface area contributed by atoms with Gasteiger partial charge in [0.2, 0.25) is 5.78 Å². The van der Waals surface area contributed by atoms with Crippen LogP contribution in [-0.4, -0.2) is 23.6 Å². The van der Waals surface area contributed by atoms with Crippen molar-refractivity contribution in [2.24, 2.45) is 0 Å². The van der Waals surface area contributed by atoms with Gasteiger partial charge in [-0.2, -0.15) is 0 Å². The third-order valence-corrected chi connectivity index (χ3v) is 0.651. The third-order valence-electron chi connectivity index (χ3n) is 0.651. The zero-order valence-corrected chi connectivity index (χ0v) is 7.13. The van der Waals surface area contributed by atoms with E-state index in [9.17, 15) is 19.2 Å². The number of hydrogen-bond acceptors (Lipinski definition) is 4. The molecule has 0 heterocycles. The molecule has 0 unspecified atom stereocenters. The van der Waals surface area contributed by atoms with Crippen LogP contribution in [0, 0.1) is 0 Å². The van der Waals surface area contributed by atoms with Gasteiger partial charge in [-0.15, -0.1) is 0 Å². The van der Waals surface area contributed by atoms with Crippen molar-refractivity contribution >= 4 is 23.6 Å². The summed E-state index contributed by atoms with van der Waals surface area (Å²) in [5.74, 6) is -3.46. The molecule has 0 aliphatic heterocycles. The summed E-state index contributed by atoms with van der Waals surface area (Å²) >= 11 is 0. The number of carbonyl (C=O) groups excluding carboxylic acids is 4. The summed E-state index contributed by atoms with van der Waals surface area (Å²) < 4.78 is 0. The number of ketones is 3. The van der Waals surface area contributed by atoms with Gasteiger partial charge in [-0.1, -0.05) is 0 Å². The molecule has 0 fully saturated rings. The van der Waals surface area contributed by atoms with Crippen molar-refractivity contribution < 1.29 is 40.2 Å². The maximum absolute atomic E-state index is 10.1. The normalized spacial score (nSPS) is 7.30. The van der Waals surface area contributed by atoms with Crippen molar-refractivity contribution in [2.45, 2.75) is 6.92 Å². The molecule has 10 heavy (non-hydrogen) atoms. The van der Waals surface area contributed by atoms with E-state index in [1.165, 1.54) is 0 Å². The van der Waals surface area contributed by atoms with Crippen LogP contribution in [-0.2, 0) is 40.2 Å². The molecule has 0 atom stereocenters. The monoisotopic (exact) mass is 226 g/mol. The zero-order valence-electron chi connectivity index (χ0n) is 5.12. The average molecular weight is 224 g/mol. The van der Waals surface area contributed by atoms with Gasteiger partial charge in [0.25, 0.3) is 11.6 Å². The number of carbonyl (C=O) groups is 4. The second-order valence-corrected chi connectivity index (χ2v) is 1.37. The fraction of sp³-hybridized carbons (Fsp3) is 0.200. The minimum absolute atomic E-state index is 0. The van der Waals surface area contributed by atoms with E-state index in [0.717, 1.165) is 6.92 Å². The van der Waals surface area contributed by atoms with Gasteiger partial charge in [0.15, 0.2) is 6.29 Å². The predicted molar refractivity (Wildman–Crippen MR) is 26.8 cm³/mol. The average Bonchev–Trinajstić information content (AvgIpc) is 1.84. The molecule has 0 aliphatic carbocycles. The van der Waals surface area contributed by atoms with Gasteiger partial charge in [-0.05, 0) is 0 Å². The van der Waals surface area contributed by atoms with E-state index in [4.69, 9.17) is 0 Å². The van der Waals surface area contributed by atoms with Crippen molar-refractivity contribution in [3.63, 3.8) is 0 Å². The molecule has 0 saturated heterocycles. The zero-order chi connectivity index (χ0) is 7.44. The molecule has 0 rings (SSSR count). The Kier molecular flexibility index (Phi) is 6.26. The van der Waals surface area contributed by atoms with Gasteiger partial charge < -0.3 is 0 Å². The molecule has 0 N–H and O–H groups in total. The Labute approximate surface area is 71.2 Å². The van der Waals surface area contributed by atoms with E-state index >= 15 is 0 Å². The third kappa shape index (κ3) is 3.40. The molecule has 0 aliphatic rings. The maximum atomic E-state index is 10.1. The summed E-state index contributed by atoms with van der Waals surface area (Å²) in [5, 5.41) is 0.